The van der Waals surface area contributed by atoms with Crippen molar-refractivity contribution < 1.29 is 34.8 Å². The van der Waals surface area contributed by atoms with Crippen molar-refractivity contribution in [3.05, 3.63) is 35.9 Å². The molecule has 1 aromatic rings. The number of nitrogens with two attached hydrogens (primary N) is 1. The van der Waals surface area contributed by atoms with E-state index in [0.29, 0.717) is 12.8 Å². The number of aliphatic hydroxyl groups excluding tert-OH is 3. The number of carbonyl (C=O) groups is 1. The molecule has 9 heteroatoms. The zero-order valence-corrected chi connectivity index (χ0v) is 20.0. The van der Waals surface area contributed by atoms with Crippen molar-refractivity contribution >= 4 is 13.9 Å². The van der Waals surface area contributed by atoms with E-state index in [-0.39, 0.29) is 11.5 Å². The summed E-state index contributed by atoms with van der Waals surface area (Å²) >= 11 is 0. The first-order valence-corrected chi connectivity index (χ1v) is 13.7. The van der Waals surface area contributed by atoms with Crippen LogP contribution in [0.1, 0.15) is 39.2 Å². The molecule has 0 aliphatic carbocycles. The Morgan fingerprint density at radius 1 is 1.23 bits per heavy atom. The number of ketones is 1. The van der Waals surface area contributed by atoms with Gasteiger partial charge in [-0.3, -0.25) is 9.63 Å². The molecule has 2 rings (SSSR count). The summed E-state index contributed by atoms with van der Waals surface area (Å²) in [4.78, 5) is 17.7. The Hall–Kier alpha value is -1.17. The minimum absolute atomic E-state index is 0.0836. The van der Waals surface area contributed by atoms with Crippen molar-refractivity contribution in [1.82, 2.24) is 0 Å². The van der Waals surface area contributed by atoms with E-state index >= 15 is 0 Å². The maximum atomic E-state index is 13.0. The highest BCUT2D eigenvalue weighted by atomic mass is 28.3. The van der Waals surface area contributed by atoms with Crippen LogP contribution in [-0.2, 0) is 20.8 Å². The quantitative estimate of drug-likeness (QED) is 0.289. The van der Waals surface area contributed by atoms with Crippen molar-refractivity contribution in [1.29, 1.82) is 0 Å². The first-order valence-electron chi connectivity index (χ1n) is 10.6. The molecule has 1 aromatic carbocycles. The van der Waals surface area contributed by atoms with Gasteiger partial charge in [0.15, 0.2) is 11.4 Å². The zero-order valence-electron chi connectivity index (χ0n) is 19.0. The molecule has 8 nitrogen and oxygen atoms in total. The van der Waals surface area contributed by atoms with Gasteiger partial charge in [0.1, 0.15) is 18.3 Å². The summed E-state index contributed by atoms with van der Waals surface area (Å²) in [6, 6.07) is 9.55. The van der Waals surface area contributed by atoms with Crippen molar-refractivity contribution in [2.24, 2.45) is 5.90 Å². The zero-order chi connectivity index (χ0) is 23.6. The standard InChI is InChI=1S/C22H37NO7Si/c1-21(2,3)31(4,5)19(27)16-17(25)22(28,18(26)20(29-16)30-23)15(24)13-9-12-14-10-7-6-8-11-14/h6-8,10-11,16-20,25-28H,9,12-13,23H2,1-5H3/t16-,17+,18-,19?,20+,22-/m0/s1. The van der Waals surface area contributed by atoms with E-state index in [4.69, 9.17) is 10.6 Å². The average Bonchev–Trinajstić information content (AvgIpc) is 2.71. The molecule has 1 heterocycles. The second-order valence-electron chi connectivity index (χ2n) is 10.00. The summed E-state index contributed by atoms with van der Waals surface area (Å²) in [6.45, 7) is 9.79. The van der Waals surface area contributed by atoms with E-state index in [1.165, 1.54) is 0 Å². The fourth-order valence-corrected chi connectivity index (χ4v) is 5.74. The molecule has 0 aromatic heterocycles. The van der Waals surface area contributed by atoms with Gasteiger partial charge >= 0.3 is 0 Å². The number of aliphatic hydroxyl groups is 4. The maximum absolute atomic E-state index is 13.0. The fraction of sp³-hybridized carbons (Fsp3) is 0.682. The van der Waals surface area contributed by atoms with Crippen LogP contribution in [0.15, 0.2) is 30.3 Å². The Morgan fingerprint density at radius 2 is 1.81 bits per heavy atom. The average molecular weight is 456 g/mol. The Morgan fingerprint density at radius 3 is 2.32 bits per heavy atom. The monoisotopic (exact) mass is 455 g/mol. The van der Waals surface area contributed by atoms with Crippen molar-refractivity contribution in [3.63, 3.8) is 0 Å². The normalized spacial score (nSPS) is 30.8. The highest BCUT2D eigenvalue weighted by molar-refractivity contribution is 6.81. The number of hydrogen-bond donors (Lipinski definition) is 5. The van der Waals surface area contributed by atoms with E-state index in [1.54, 1.807) is 0 Å². The minimum atomic E-state index is -2.58. The van der Waals surface area contributed by atoms with Gasteiger partial charge in [0.05, 0.1) is 13.8 Å². The largest absolute Gasteiger partial charge is 0.394 e. The second kappa shape index (κ2) is 9.76. The Labute approximate surface area is 185 Å². The summed E-state index contributed by atoms with van der Waals surface area (Å²) in [6.07, 6.45) is -5.74. The summed E-state index contributed by atoms with van der Waals surface area (Å²) in [5, 5.41) is 43.6. The molecule has 1 unspecified atom stereocenters. The number of hydrogen-bond acceptors (Lipinski definition) is 8. The molecule has 1 aliphatic rings. The van der Waals surface area contributed by atoms with Gasteiger partial charge in [-0.1, -0.05) is 64.2 Å². The first kappa shape index (κ1) is 26.1. The number of rotatable bonds is 8. The van der Waals surface area contributed by atoms with Crippen LogP contribution < -0.4 is 5.90 Å². The van der Waals surface area contributed by atoms with Gasteiger partial charge in [-0.2, -0.15) is 0 Å². The Balaban J connectivity index is 2.25. The van der Waals surface area contributed by atoms with Gasteiger partial charge in [-0.25, -0.2) is 5.90 Å². The third kappa shape index (κ3) is 5.09. The summed E-state index contributed by atoms with van der Waals surface area (Å²) in [5.74, 6) is 4.49. The smallest absolute Gasteiger partial charge is 0.206 e. The molecule has 176 valence electrons. The van der Waals surface area contributed by atoms with Crippen molar-refractivity contribution in [2.75, 3.05) is 0 Å². The molecule has 0 bridgehead atoms. The number of benzene rings is 1. The molecule has 1 saturated heterocycles. The van der Waals surface area contributed by atoms with Gasteiger partial charge in [-0.15, -0.1) is 0 Å². The molecular formula is C22H37NO7Si. The van der Waals surface area contributed by atoms with Gasteiger partial charge in [0, 0.05) is 6.42 Å². The van der Waals surface area contributed by atoms with Crippen LogP contribution in [0, 0.1) is 0 Å². The SMILES string of the molecule is CC(C)(C)[Si](C)(C)C(O)[C@H]1O[C@H](ON)[C@H](O)[C@](O)(C(=O)CCCc2ccccc2)[C@@H]1O. The molecule has 0 spiro atoms. The van der Waals surface area contributed by atoms with Crippen molar-refractivity contribution in [2.45, 2.75) is 94.1 Å². The highest BCUT2D eigenvalue weighted by Crippen LogP contribution is 2.42. The molecule has 6 N–H and O–H groups in total. The van der Waals surface area contributed by atoms with Crippen molar-refractivity contribution in [3.8, 4) is 0 Å². The number of aryl methyl sites for hydroxylation is 1. The molecule has 0 amide bonds. The van der Waals surface area contributed by atoms with Crippen LogP contribution in [-0.4, -0.2) is 70.2 Å². The molecule has 1 fully saturated rings. The molecule has 31 heavy (non-hydrogen) atoms. The number of ether oxygens (including phenoxy) is 1. The van der Waals surface area contributed by atoms with Crippen LogP contribution in [0.3, 0.4) is 0 Å². The summed E-state index contributed by atoms with van der Waals surface area (Å²) < 4.78 is 5.55. The lowest BCUT2D eigenvalue weighted by Gasteiger charge is -2.51. The number of Topliss-reactive ketones (excluding diaryl/α,β-unsaturated/α-hetero) is 1. The molecule has 0 radical (unpaired) electrons. The summed E-state index contributed by atoms with van der Waals surface area (Å²) in [7, 11) is -2.50. The molecule has 0 saturated carbocycles. The third-order valence-corrected chi connectivity index (χ3v) is 12.7. The lowest BCUT2D eigenvalue weighted by molar-refractivity contribution is -0.328. The van der Waals surface area contributed by atoms with E-state index in [2.05, 4.69) is 4.84 Å². The molecule has 6 atom stereocenters. The topological polar surface area (TPSA) is 142 Å². The third-order valence-electron chi connectivity index (χ3n) is 7.04. The summed E-state index contributed by atoms with van der Waals surface area (Å²) in [5.41, 5.74) is -2.70. The molecular weight excluding hydrogens is 418 g/mol. The van der Waals surface area contributed by atoms with E-state index in [1.807, 2.05) is 64.2 Å². The van der Waals surface area contributed by atoms with E-state index in [0.717, 1.165) is 5.56 Å². The number of carbonyl (C=O) groups excluding carboxylic acids is 1. The van der Waals surface area contributed by atoms with Gasteiger partial charge in [0.25, 0.3) is 0 Å². The molecule has 1 aliphatic heterocycles. The highest BCUT2D eigenvalue weighted by Gasteiger charge is 2.62. The van der Waals surface area contributed by atoms with Crippen LogP contribution in [0.2, 0.25) is 18.1 Å². The van der Waals surface area contributed by atoms with E-state index < -0.39 is 49.8 Å². The predicted molar refractivity (Wildman–Crippen MR) is 118 cm³/mol. The Kier molecular flexibility index (Phi) is 8.21. The second-order valence-corrected chi connectivity index (χ2v) is 15.5. The van der Waals surface area contributed by atoms with Crippen LogP contribution >= 0.6 is 0 Å². The van der Waals surface area contributed by atoms with Crippen LogP contribution in [0.25, 0.3) is 0 Å². The maximum Gasteiger partial charge on any atom is 0.206 e. The van der Waals surface area contributed by atoms with E-state index in [9.17, 15) is 25.2 Å². The van der Waals surface area contributed by atoms with Gasteiger partial charge < -0.3 is 25.2 Å². The minimum Gasteiger partial charge on any atom is -0.394 e. The predicted octanol–water partition coefficient (Wildman–Crippen LogP) is 1.06. The fourth-order valence-electron chi connectivity index (χ4n) is 3.77. The lowest BCUT2D eigenvalue weighted by atomic mass is 9.79. The lowest BCUT2D eigenvalue weighted by Crippen LogP contribution is -2.74. The first-order chi connectivity index (χ1) is 14.3. The van der Waals surface area contributed by atoms with Gasteiger partial charge in [0.2, 0.25) is 6.29 Å². The Bertz CT molecular complexity index is 739. The van der Waals surface area contributed by atoms with Gasteiger partial charge in [-0.05, 0) is 23.4 Å². The van der Waals surface area contributed by atoms with Crippen LogP contribution in [0.5, 0.6) is 0 Å². The van der Waals surface area contributed by atoms with Crippen LogP contribution in [0.4, 0.5) is 0 Å².